The fraction of sp³-hybridized carbons (Fsp3) is 0.462. The maximum Gasteiger partial charge on any atom is 0.305 e. The molecule has 0 unspecified atom stereocenters. The average Bonchev–Trinajstić information content (AvgIpc) is 2.34. The van der Waals surface area contributed by atoms with Crippen molar-refractivity contribution in [1.82, 2.24) is 4.90 Å². The summed E-state index contributed by atoms with van der Waals surface area (Å²) in [5.74, 6) is -0.817. The molecule has 1 aliphatic rings. The summed E-state index contributed by atoms with van der Waals surface area (Å²) >= 11 is 12.0. The van der Waals surface area contributed by atoms with E-state index in [1.165, 1.54) is 0 Å². The second-order valence-corrected chi connectivity index (χ2v) is 5.38. The van der Waals surface area contributed by atoms with Crippen LogP contribution in [0, 0.1) is 0 Å². The third-order valence-corrected chi connectivity index (χ3v) is 3.74. The van der Waals surface area contributed by atoms with Crippen LogP contribution in [0.3, 0.4) is 0 Å². The standard InChI is InChI=1S/C13H15Cl2NO3/c14-10-2-1-9(12(15)5-10)7-16-3-4-19-8-11(16)6-13(17)18/h1-2,5,11H,3-4,6-8H2,(H,17,18)/t11-/m1/s1. The fourth-order valence-corrected chi connectivity index (χ4v) is 2.62. The van der Waals surface area contributed by atoms with Crippen molar-refractivity contribution in [3.05, 3.63) is 33.8 Å². The molecule has 1 atom stereocenters. The van der Waals surface area contributed by atoms with E-state index in [2.05, 4.69) is 4.90 Å². The molecule has 1 heterocycles. The van der Waals surface area contributed by atoms with Crippen LogP contribution in [0.25, 0.3) is 0 Å². The molecule has 0 radical (unpaired) electrons. The summed E-state index contributed by atoms with van der Waals surface area (Å²) in [6, 6.07) is 5.25. The van der Waals surface area contributed by atoms with Crippen molar-refractivity contribution in [3.8, 4) is 0 Å². The minimum absolute atomic E-state index is 0.0746. The van der Waals surface area contributed by atoms with E-state index in [0.29, 0.717) is 36.3 Å². The molecule has 4 nitrogen and oxygen atoms in total. The Hall–Kier alpha value is -0.810. The van der Waals surface area contributed by atoms with Gasteiger partial charge in [0.15, 0.2) is 0 Å². The van der Waals surface area contributed by atoms with Gasteiger partial charge >= 0.3 is 5.97 Å². The van der Waals surface area contributed by atoms with Crippen LogP contribution in [0.15, 0.2) is 18.2 Å². The maximum absolute atomic E-state index is 10.9. The number of nitrogens with zero attached hydrogens (tertiary/aromatic N) is 1. The molecule has 1 aromatic carbocycles. The summed E-state index contributed by atoms with van der Waals surface area (Å²) in [6.07, 6.45) is 0.0746. The van der Waals surface area contributed by atoms with Gasteiger partial charge in [-0.15, -0.1) is 0 Å². The number of aliphatic carboxylic acids is 1. The van der Waals surface area contributed by atoms with Crippen LogP contribution in [0.1, 0.15) is 12.0 Å². The summed E-state index contributed by atoms with van der Waals surface area (Å²) in [7, 11) is 0. The smallest absolute Gasteiger partial charge is 0.305 e. The van der Waals surface area contributed by atoms with Gasteiger partial charge in [0, 0.05) is 29.2 Å². The highest BCUT2D eigenvalue weighted by molar-refractivity contribution is 6.35. The normalized spacial score (nSPS) is 20.4. The van der Waals surface area contributed by atoms with E-state index in [1.807, 2.05) is 6.07 Å². The molecule has 1 fully saturated rings. The highest BCUT2D eigenvalue weighted by Crippen LogP contribution is 2.24. The van der Waals surface area contributed by atoms with E-state index in [4.69, 9.17) is 33.0 Å². The van der Waals surface area contributed by atoms with Gasteiger partial charge in [-0.2, -0.15) is 0 Å². The summed E-state index contributed by atoms with van der Waals surface area (Å²) in [4.78, 5) is 12.9. The molecular formula is C13H15Cl2NO3. The van der Waals surface area contributed by atoms with Gasteiger partial charge in [0.2, 0.25) is 0 Å². The lowest BCUT2D eigenvalue weighted by Gasteiger charge is -2.34. The van der Waals surface area contributed by atoms with Gasteiger partial charge < -0.3 is 9.84 Å². The van der Waals surface area contributed by atoms with Gasteiger partial charge in [-0.3, -0.25) is 9.69 Å². The monoisotopic (exact) mass is 303 g/mol. The SMILES string of the molecule is O=C(O)C[C@@H]1COCCN1Cc1ccc(Cl)cc1Cl. The third-order valence-electron chi connectivity index (χ3n) is 3.15. The van der Waals surface area contributed by atoms with Crippen LogP contribution in [-0.4, -0.2) is 41.8 Å². The quantitative estimate of drug-likeness (QED) is 0.929. The van der Waals surface area contributed by atoms with Crippen molar-refractivity contribution in [1.29, 1.82) is 0 Å². The van der Waals surface area contributed by atoms with Gasteiger partial charge in [0.1, 0.15) is 0 Å². The number of halogens is 2. The van der Waals surface area contributed by atoms with E-state index in [-0.39, 0.29) is 12.5 Å². The summed E-state index contributed by atoms with van der Waals surface area (Å²) < 4.78 is 5.34. The maximum atomic E-state index is 10.9. The van der Waals surface area contributed by atoms with Crippen LogP contribution in [0.4, 0.5) is 0 Å². The van der Waals surface area contributed by atoms with Gasteiger partial charge in [-0.25, -0.2) is 0 Å². The number of ether oxygens (including phenoxy) is 1. The second kappa shape index (κ2) is 6.57. The molecule has 2 rings (SSSR count). The van der Waals surface area contributed by atoms with Crippen molar-refractivity contribution in [2.45, 2.75) is 19.0 Å². The van der Waals surface area contributed by atoms with Gasteiger partial charge in [0.25, 0.3) is 0 Å². The number of carboxylic acid groups (broad SMARTS) is 1. The Morgan fingerprint density at radius 3 is 2.95 bits per heavy atom. The Morgan fingerprint density at radius 2 is 2.26 bits per heavy atom. The zero-order valence-electron chi connectivity index (χ0n) is 10.3. The number of carboxylic acids is 1. The molecule has 6 heteroatoms. The Balaban J connectivity index is 2.08. The molecule has 1 saturated heterocycles. The third kappa shape index (κ3) is 4.08. The van der Waals surface area contributed by atoms with Crippen molar-refractivity contribution in [3.63, 3.8) is 0 Å². The minimum atomic E-state index is -0.817. The molecule has 1 aromatic rings. The lowest BCUT2D eigenvalue weighted by Crippen LogP contribution is -2.45. The molecule has 0 bridgehead atoms. The second-order valence-electron chi connectivity index (χ2n) is 4.53. The highest BCUT2D eigenvalue weighted by Gasteiger charge is 2.25. The first-order chi connectivity index (χ1) is 9.06. The molecule has 0 saturated carbocycles. The van der Waals surface area contributed by atoms with Crippen LogP contribution in [0.2, 0.25) is 10.0 Å². The number of morpholine rings is 1. The first kappa shape index (κ1) is 14.6. The molecule has 1 N–H and O–H groups in total. The molecule has 0 aliphatic carbocycles. The van der Waals surface area contributed by atoms with Crippen molar-refractivity contribution < 1.29 is 14.6 Å². The predicted octanol–water partition coefficient (Wildman–Crippen LogP) is 2.67. The van der Waals surface area contributed by atoms with Crippen molar-refractivity contribution >= 4 is 29.2 Å². The lowest BCUT2D eigenvalue weighted by molar-refractivity contribution is -0.140. The van der Waals surface area contributed by atoms with Gasteiger partial charge in [0.05, 0.1) is 19.6 Å². The minimum Gasteiger partial charge on any atom is -0.481 e. The Bertz CT molecular complexity index is 467. The van der Waals surface area contributed by atoms with E-state index in [9.17, 15) is 4.79 Å². The Morgan fingerprint density at radius 1 is 1.47 bits per heavy atom. The fourth-order valence-electron chi connectivity index (χ4n) is 2.16. The average molecular weight is 304 g/mol. The molecular weight excluding hydrogens is 289 g/mol. The molecule has 0 spiro atoms. The molecule has 104 valence electrons. The van der Waals surface area contributed by atoms with Crippen molar-refractivity contribution in [2.24, 2.45) is 0 Å². The Kier molecular flexibility index (Phi) is 5.05. The number of benzene rings is 1. The Labute approximate surface area is 121 Å². The first-order valence-corrected chi connectivity index (χ1v) is 6.79. The van der Waals surface area contributed by atoms with E-state index < -0.39 is 5.97 Å². The van der Waals surface area contributed by atoms with E-state index in [1.54, 1.807) is 12.1 Å². The number of hydrogen-bond donors (Lipinski definition) is 1. The largest absolute Gasteiger partial charge is 0.481 e. The van der Waals surface area contributed by atoms with Crippen LogP contribution in [0.5, 0.6) is 0 Å². The zero-order chi connectivity index (χ0) is 13.8. The van der Waals surface area contributed by atoms with Crippen LogP contribution < -0.4 is 0 Å². The van der Waals surface area contributed by atoms with E-state index in [0.717, 1.165) is 5.56 Å². The number of hydrogen-bond acceptors (Lipinski definition) is 3. The predicted molar refractivity (Wildman–Crippen MR) is 73.7 cm³/mol. The number of carbonyl (C=O) groups is 1. The van der Waals surface area contributed by atoms with Crippen LogP contribution in [-0.2, 0) is 16.1 Å². The lowest BCUT2D eigenvalue weighted by atomic mass is 10.1. The summed E-state index contributed by atoms with van der Waals surface area (Å²) in [5.41, 5.74) is 0.948. The van der Waals surface area contributed by atoms with E-state index >= 15 is 0 Å². The molecule has 0 aromatic heterocycles. The first-order valence-electron chi connectivity index (χ1n) is 6.04. The molecule has 1 aliphatic heterocycles. The zero-order valence-corrected chi connectivity index (χ0v) is 11.8. The summed E-state index contributed by atoms with van der Waals surface area (Å²) in [6.45, 7) is 2.37. The summed E-state index contributed by atoms with van der Waals surface area (Å²) in [5, 5.41) is 10.1. The van der Waals surface area contributed by atoms with Gasteiger partial charge in [-0.05, 0) is 17.7 Å². The molecule has 19 heavy (non-hydrogen) atoms. The molecule has 0 amide bonds. The topological polar surface area (TPSA) is 49.8 Å². The number of rotatable bonds is 4. The van der Waals surface area contributed by atoms with Crippen LogP contribution >= 0.6 is 23.2 Å². The van der Waals surface area contributed by atoms with Crippen molar-refractivity contribution in [2.75, 3.05) is 19.8 Å². The highest BCUT2D eigenvalue weighted by atomic mass is 35.5. The van der Waals surface area contributed by atoms with Gasteiger partial charge in [-0.1, -0.05) is 29.3 Å².